The number of aliphatic hydroxyl groups is 1. The molecule has 1 fully saturated rings. The van der Waals surface area contributed by atoms with E-state index in [0.29, 0.717) is 11.6 Å². The highest BCUT2D eigenvalue weighted by Crippen LogP contribution is 2.29. The van der Waals surface area contributed by atoms with Crippen molar-refractivity contribution < 1.29 is 23.6 Å². The number of hydrogen-bond acceptors (Lipinski definition) is 5. The predicted molar refractivity (Wildman–Crippen MR) is 107 cm³/mol. The second-order valence-electron chi connectivity index (χ2n) is 7.53. The fraction of sp³-hybridized carbons (Fsp3) is 0.381. The molecule has 0 bridgehead atoms. The summed E-state index contributed by atoms with van der Waals surface area (Å²) < 4.78 is 26.4. The molecular weight excluding hydrogens is 396 g/mol. The van der Waals surface area contributed by atoms with E-state index in [2.05, 4.69) is 12.2 Å². The molecule has 30 heavy (non-hydrogen) atoms. The summed E-state index contributed by atoms with van der Waals surface area (Å²) in [5, 5.41) is 23.9. The first-order valence-electron chi connectivity index (χ1n) is 9.71. The first-order chi connectivity index (χ1) is 14.3. The van der Waals surface area contributed by atoms with E-state index < -0.39 is 28.6 Å². The Balaban J connectivity index is 1.78. The van der Waals surface area contributed by atoms with Gasteiger partial charge in [-0.05, 0) is 42.5 Å². The Kier molecular flexibility index (Phi) is 6.61. The smallest absolute Gasteiger partial charge is 0.270 e. The number of non-ortho nitro benzene ring substituents is 1. The first kappa shape index (κ1) is 21.6. The number of carbonyl (C=O) groups is 1. The summed E-state index contributed by atoms with van der Waals surface area (Å²) in [5.74, 6) is -2.15. The zero-order valence-electron chi connectivity index (χ0n) is 16.5. The molecule has 1 heterocycles. The summed E-state index contributed by atoms with van der Waals surface area (Å²) in [7, 11) is 0. The topological polar surface area (TPSA) is 95.7 Å². The number of amides is 1. The van der Waals surface area contributed by atoms with E-state index in [1.54, 1.807) is 6.07 Å². The monoisotopic (exact) mass is 419 g/mol. The standard InChI is InChI=1S/C21H23F2N3O4/c1-13-6-8-25(9-7-13)19-5-3-15(26(29)30)11-16(19)21(28)24-12-20(27)14-2-4-17(22)18(23)10-14/h2-5,10-11,13,20,27H,6-9,12H2,1H3,(H,24,28). The van der Waals surface area contributed by atoms with Crippen LogP contribution in [0.2, 0.25) is 0 Å². The SMILES string of the molecule is CC1CCN(c2ccc([N+](=O)[O-])cc2C(=O)NCC(O)c2ccc(F)c(F)c2)CC1. The molecule has 3 rings (SSSR count). The molecule has 1 amide bonds. The van der Waals surface area contributed by atoms with Crippen LogP contribution in [0, 0.1) is 27.7 Å². The van der Waals surface area contributed by atoms with Crippen molar-refractivity contribution in [1.82, 2.24) is 5.32 Å². The van der Waals surface area contributed by atoms with Gasteiger partial charge < -0.3 is 15.3 Å². The first-order valence-corrected chi connectivity index (χ1v) is 9.71. The molecule has 1 aliphatic heterocycles. The minimum atomic E-state index is -1.26. The van der Waals surface area contributed by atoms with E-state index in [1.807, 2.05) is 4.90 Å². The number of nitrogens with zero attached hydrogens (tertiary/aromatic N) is 2. The molecule has 0 spiro atoms. The third-order valence-corrected chi connectivity index (χ3v) is 5.34. The van der Waals surface area contributed by atoms with Gasteiger partial charge in [0.25, 0.3) is 11.6 Å². The van der Waals surface area contributed by atoms with Gasteiger partial charge in [0.2, 0.25) is 0 Å². The highest BCUT2D eigenvalue weighted by atomic mass is 19.2. The van der Waals surface area contributed by atoms with Crippen LogP contribution in [0.15, 0.2) is 36.4 Å². The minimum absolute atomic E-state index is 0.110. The zero-order valence-corrected chi connectivity index (χ0v) is 16.5. The van der Waals surface area contributed by atoms with Gasteiger partial charge in [-0.15, -0.1) is 0 Å². The number of nitro benzene ring substituents is 1. The van der Waals surface area contributed by atoms with Gasteiger partial charge >= 0.3 is 0 Å². The minimum Gasteiger partial charge on any atom is -0.387 e. The number of piperidine rings is 1. The molecule has 2 N–H and O–H groups in total. The molecule has 1 aliphatic rings. The predicted octanol–water partition coefficient (Wildman–Crippen LogP) is 3.57. The normalized spacial score (nSPS) is 15.7. The highest BCUT2D eigenvalue weighted by molar-refractivity contribution is 6.00. The quantitative estimate of drug-likeness (QED) is 0.551. The number of hydrogen-bond donors (Lipinski definition) is 2. The Hall–Kier alpha value is -3.07. The van der Waals surface area contributed by atoms with E-state index in [1.165, 1.54) is 18.2 Å². The number of halogens is 2. The number of rotatable bonds is 6. The Morgan fingerprint density at radius 2 is 1.93 bits per heavy atom. The molecule has 160 valence electrons. The number of nitro groups is 1. The number of carbonyl (C=O) groups excluding carboxylic acids is 1. The lowest BCUT2D eigenvalue weighted by Gasteiger charge is -2.33. The molecule has 0 aliphatic carbocycles. The van der Waals surface area contributed by atoms with Crippen molar-refractivity contribution in [1.29, 1.82) is 0 Å². The van der Waals surface area contributed by atoms with E-state index in [0.717, 1.165) is 38.1 Å². The van der Waals surface area contributed by atoms with Gasteiger partial charge in [-0.1, -0.05) is 13.0 Å². The summed E-state index contributed by atoms with van der Waals surface area (Å²) in [6, 6.07) is 7.12. The number of nitrogens with one attached hydrogen (secondary N) is 1. The van der Waals surface area contributed by atoms with Crippen LogP contribution in [-0.4, -0.2) is 35.6 Å². The Morgan fingerprint density at radius 3 is 2.57 bits per heavy atom. The van der Waals surface area contributed by atoms with Crippen molar-refractivity contribution in [2.75, 3.05) is 24.5 Å². The average Bonchev–Trinajstić information content (AvgIpc) is 2.73. The number of anilines is 1. The van der Waals surface area contributed by atoms with Gasteiger partial charge in [0.1, 0.15) is 0 Å². The molecule has 0 radical (unpaired) electrons. The van der Waals surface area contributed by atoms with Crippen molar-refractivity contribution in [3.8, 4) is 0 Å². The van der Waals surface area contributed by atoms with E-state index in [-0.39, 0.29) is 23.4 Å². The van der Waals surface area contributed by atoms with Gasteiger partial charge in [0.15, 0.2) is 11.6 Å². The van der Waals surface area contributed by atoms with Crippen LogP contribution in [0.5, 0.6) is 0 Å². The second-order valence-corrected chi connectivity index (χ2v) is 7.53. The summed E-state index contributed by atoms with van der Waals surface area (Å²) >= 11 is 0. The Morgan fingerprint density at radius 1 is 1.23 bits per heavy atom. The second kappa shape index (κ2) is 9.17. The molecule has 9 heteroatoms. The molecule has 2 aromatic carbocycles. The molecule has 1 atom stereocenters. The van der Waals surface area contributed by atoms with Crippen molar-refractivity contribution in [2.45, 2.75) is 25.9 Å². The number of benzene rings is 2. The van der Waals surface area contributed by atoms with Crippen LogP contribution in [0.3, 0.4) is 0 Å². The van der Waals surface area contributed by atoms with Crippen LogP contribution < -0.4 is 10.2 Å². The van der Waals surface area contributed by atoms with Crippen LogP contribution in [-0.2, 0) is 0 Å². The third kappa shape index (κ3) is 4.91. The van der Waals surface area contributed by atoms with Crippen molar-refractivity contribution >= 4 is 17.3 Å². The van der Waals surface area contributed by atoms with E-state index in [4.69, 9.17) is 0 Å². The van der Waals surface area contributed by atoms with Gasteiger partial charge in [-0.3, -0.25) is 14.9 Å². The lowest BCUT2D eigenvalue weighted by Crippen LogP contribution is -2.35. The van der Waals surface area contributed by atoms with Crippen molar-refractivity contribution in [3.63, 3.8) is 0 Å². The molecule has 1 unspecified atom stereocenters. The zero-order chi connectivity index (χ0) is 21.8. The van der Waals surface area contributed by atoms with Gasteiger partial charge in [-0.25, -0.2) is 8.78 Å². The summed E-state index contributed by atoms with van der Waals surface area (Å²) in [5.41, 5.74) is 0.623. The largest absolute Gasteiger partial charge is 0.387 e. The van der Waals surface area contributed by atoms with Crippen molar-refractivity contribution in [3.05, 3.63) is 69.3 Å². The van der Waals surface area contributed by atoms with Gasteiger partial charge in [0.05, 0.1) is 22.3 Å². The van der Waals surface area contributed by atoms with Gasteiger partial charge in [-0.2, -0.15) is 0 Å². The summed E-state index contributed by atoms with van der Waals surface area (Å²) in [6.45, 7) is 3.36. The lowest BCUT2D eigenvalue weighted by molar-refractivity contribution is -0.384. The Bertz CT molecular complexity index is 946. The maximum atomic E-state index is 13.4. The number of aliphatic hydroxyl groups excluding tert-OH is 1. The van der Waals surface area contributed by atoms with Gasteiger partial charge in [0, 0.05) is 31.8 Å². The average molecular weight is 419 g/mol. The van der Waals surface area contributed by atoms with Crippen LogP contribution in [0.4, 0.5) is 20.2 Å². The lowest BCUT2D eigenvalue weighted by atomic mass is 9.97. The molecule has 2 aromatic rings. The van der Waals surface area contributed by atoms with E-state index in [9.17, 15) is 28.8 Å². The molecule has 0 aromatic heterocycles. The fourth-order valence-electron chi connectivity index (χ4n) is 3.47. The maximum absolute atomic E-state index is 13.4. The van der Waals surface area contributed by atoms with E-state index >= 15 is 0 Å². The van der Waals surface area contributed by atoms with Crippen LogP contribution in [0.1, 0.15) is 41.8 Å². The highest BCUT2D eigenvalue weighted by Gasteiger charge is 2.24. The molecule has 1 saturated heterocycles. The molecule has 7 nitrogen and oxygen atoms in total. The van der Waals surface area contributed by atoms with Crippen LogP contribution in [0.25, 0.3) is 0 Å². The maximum Gasteiger partial charge on any atom is 0.270 e. The summed E-state index contributed by atoms with van der Waals surface area (Å²) in [4.78, 5) is 25.4. The van der Waals surface area contributed by atoms with Crippen molar-refractivity contribution in [2.24, 2.45) is 5.92 Å². The third-order valence-electron chi connectivity index (χ3n) is 5.34. The summed E-state index contributed by atoms with van der Waals surface area (Å²) in [6.07, 6.45) is 0.641. The molecular formula is C21H23F2N3O4. The Labute approximate surface area is 172 Å². The van der Waals surface area contributed by atoms with Crippen LogP contribution >= 0.6 is 0 Å². The fourth-order valence-corrected chi connectivity index (χ4v) is 3.47. The molecule has 0 saturated carbocycles.